The third kappa shape index (κ3) is 4.77. The van der Waals surface area contributed by atoms with Crippen molar-refractivity contribution < 1.29 is 19.6 Å². The van der Waals surface area contributed by atoms with Crippen LogP contribution < -0.4 is 16.0 Å². The number of nitrogens with zero attached hydrogens (tertiary/aromatic N) is 2. The van der Waals surface area contributed by atoms with Crippen molar-refractivity contribution in [2.24, 2.45) is 0 Å². The number of carbonyl (C=O) groups excluding carboxylic acids is 2. The summed E-state index contributed by atoms with van der Waals surface area (Å²) in [6.45, 7) is 4.53. The Bertz CT molecular complexity index is 1610. The van der Waals surface area contributed by atoms with Gasteiger partial charge in [-0.15, -0.1) is 0 Å². The maximum absolute atomic E-state index is 13.6. The second-order valence-electron chi connectivity index (χ2n) is 10.3. The second kappa shape index (κ2) is 9.52. The lowest BCUT2D eigenvalue weighted by atomic mass is 10.0. The molecule has 1 fully saturated rings. The molecule has 10 heteroatoms. The van der Waals surface area contributed by atoms with Crippen LogP contribution in [0.5, 0.6) is 0 Å². The number of nitrogens with one attached hydrogen (secondary N) is 3. The summed E-state index contributed by atoms with van der Waals surface area (Å²) in [6.07, 6.45) is 7.44. The van der Waals surface area contributed by atoms with Gasteiger partial charge in [-0.25, -0.2) is 0 Å². The molecule has 9 nitrogen and oxygen atoms in total. The van der Waals surface area contributed by atoms with Gasteiger partial charge in [0.2, 0.25) is 11.8 Å². The summed E-state index contributed by atoms with van der Waals surface area (Å²) in [5.41, 5.74) is 4.57. The molecule has 4 aromatic rings. The monoisotopic (exact) mass is 531 g/mol. The van der Waals surface area contributed by atoms with Crippen LogP contribution in [0.15, 0.2) is 55.0 Å². The predicted octanol–water partition coefficient (Wildman–Crippen LogP) is 3.61. The summed E-state index contributed by atoms with van der Waals surface area (Å²) in [5.74, 6) is -0.466. The van der Waals surface area contributed by atoms with Crippen LogP contribution in [-0.4, -0.2) is 58.0 Å². The number of rotatable bonds is 5. The fraction of sp³-hybridized carbons (Fsp3) is 0.250. The highest BCUT2D eigenvalue weighted by Gasteiger charge is 2.38. The minimum atomic E-state index is -0.661. The molecule has 2 aromatic heterocycles. The Hall–Kier alpha value is -3.76. The lowest BCUT2D eigenvalue weighted by Gasteiger charge is -2.42. The number of aromatic nitrogens is 2. The first-order valence-corrected chi connectivity index (χ1v) is 12.8. The highest BCUT2D eigenvalue weighted by Crippen LogP contribution is 2.33. The van der Waals surface area contributed by atoms with Gasteiger partial charge in [0.25, 0.3) is 0 Å². The maximum Gasteiger partial charge on any atom is 0.244 e. The van der Waals surface area contributed by atoms with Crippen molar-refractivity contribution in [1.29, 1.82) is 0 Å². The molecule has 38 heavy (non-hydrogen) atoms. The summed E-state index contributed by atoms with van der Waals surface area (Å²) < 4.78 is 5.99. The van der Waals surface area contributed by atoms with E-state index in [1.165, 1.54) is 0 Å². The first kappa shape index (κ1) is 24.6. The van der Waals surface area contributed by atoms with E-state index in [0.29, 0.717) is 17.3 Å². The van der Waals surface area contributed by atoms with Crippen LogP contribution in [-0.2, 0) is 14.3 Å². The number of halogens is 1. The fourth-order valence-electron chi connectivity index (χ4n) is 5.18. The molecule has 4 heterocycles. The second-order valence-corrected chi connectivity index (χ2v) is 10.8. The highest BCUT2D eigenvalue weighted by molar-refractivity contribution is 6.33. The van der Waals surface area contributed by atoms with Crippen molar-refractivity contribution >= 4 is 68.4 Å². The largest absolute Gasteiger partial charge is 0.372 e. The van der Waals surface area contributed by atoms with Crippen LogP contribution in [0.1, 0.15) is 19.4 Å². The number of amides is 2. The van der Waals surface area contributed by atoms with Gasteiger partial charge in [-0.1, -0.05) is 11.6 Å². The molecule has 0 saturated carbocycles. The minimum Gasteiger partial charge on any atom is -0.372 e. The van der Waals surface area contributed by atoms with Gasteiger partial charge >= 0.3 is 0 Å². The lowest BCUT2D eigenvalue weighted by molar-refractivity contribution is -0.491. The van der Waals surface area contributed by atoms with Gasteiger partial charge in [-0.3, -0.25) is 24.8 Å². The zero-order chi connectivity index (χ0) is 26.4. The van der Waals surface area contributed by atoms with Crippen molar-refractivity contribution in [1.82, 2.24) is 14.9 Å². The molecule has 2 aliphatic heterocycles. The Morgan fingerprint density at radius 1 is 1.21 bits per heavy atom. The van der Waals surface area contributed by atoms with Crippen molar-refractivity contribution in [3.63, 3.8) is 0 Å². The molecule has 2 amide bonds. The quantitative estimate of drug-likeness (QED) is 0.294. The van der Waals surface area contributed by atoms with Gasteiger partial charge in [0, 0.05) is 51.9 Å². The predicted molar refractivity (Wildman–Crippen MR) is 148 cm³/mol. The standard InChI is InChI=1S/C28H27ClN6O3/c1-28(2)15-35(13-25(36)32-18-3-4-21-16(9-18)5-8-31-21)24(14-38-28)27(37)34-22-11-17(29)10-20-19-6-7-30-12-23(19)33-26(20)22/h3-12,24,31,33H,13-15H2,1-2H3,(H,32,36)(H,34,37)/p+1. The summed E-state index contributed by atoms with van der Waals surface area (Å²) in [7, 11) is 0. The van der Waals surface area contributed by atoms with E-state index in [0.717, 1.165) is 38.7 Å². The number of hydrogen-bond donors (Lipinski definition) is 4. The topological polar surface area (TPSA) is 116 Å². The Morgan fingerprint density at radius 2 is 2.08 bits per heavy atom. The number of pyridine rings is 1. The van der Waals surface area contributed by atoms with Crippen LogP contribution in [0, 0.1) is 0 Å². The molecule has 0 radical (unpaired) electrons. The van der Waals surface area contributed by atoms with Crippen LogP contribution in [0.4, 0.5) is 17.1 Å². The number of quaternary nitrogens is 1. The minimum absolute atomic E-state index is 0.0486. The SMILES string of the molecule is CC1(C)CN(CC(=O)Nc2ccc3c(c2)C=C[NH2+]3)C(C(=O)Nc2cc(Cl)cc3c2[nH]c2cnccc23)CO1. The van der Waals surface area contributed by atoms with Gasteiger partial charge in [0.15, 0.2) is 0 Å². The normalized spacial score (nSPS) is 18.6. The van der Waals surface area contributed by atoms with E-state index >= 15 is 0 Å². The number of morpholine rings is 1. The van der Waals surface area contributed by atoms with E-state index < -0.39 is 11.6 Å². The van der Waals surface area contributed by atoms with E-state index in [2.05, 4.69) is 20.6 Å². The molecule has 0 spiro atoms. The first-order valence-electron chi connectivity index (χ1n) is 12.4. The van der Waals surface area contributed by atoms with E-state index in [1.54, 1.807) is 18.5 Å². The van der Waals surface area contributed by atoms with Crippen molar-refractivity contribution in [3.8, 4) is 0 Å². The zero-order valence-electron chi connectivity index (χ0n) is 21.0. The summed E-state index contributed by atoms with van der Waals surface area (Å²) in [6, 6.07) is 10.6. The summed E-state index contributed by atoms with van der Waals surface area (Å²) in [5, 5.41) is 10.4. The Morgan fingerprint density at radius 3 is 2.95 bits per heavy atom. The molecule has 194 valence electrons. The smallest absolute Gasteiger partial charge is 0.244 e. The van der Waals surface area contributed by atoms with Crippen molar-refractivity contribution in [3.05, 3.63) is 65.6 Å². The van der Waals surface area contributed by atoms with Gasteiger partial charge < -0.3 is 20.4 Å². The fourth-order valence-corrected chi connectivity index (χ4v) is 5.40. The van der Waals surface area contributed by atoms with Crippen molar-refractivity contribution in [2.45, 2.75) is 25.5 Å². The first-order chi connectivity index (χ1) is 18.3. The average molecular weight is 532 g/mol. The number of H-pyrrole nitrogens is 1. The molecule has 2 aromatic carbocycles. The zero-order valence-corrected chi connectivity index (χ0v) is 21.8. The number of anilines is 2. The Labute approximate surface area is 224 Å². The van der Waals surface area contributed by atoms with Crippen LogP contribution in [0.2, 0.25) is 5.02 Å². The van der Waals surface area contributed by atoms with Gasteiger partial charge in [-0.05, 0) is 44.2 Å². The molecule has 1 atom stereocenters. The average Bonchev–Trinajstić information content (AvgIpc) is 3.48. The summed E-state index contributed by atoms with van der Waals surface area (Å²) in [4.78, 5) is 36.0. The van der Waals surface area contributed by atoms with E-state index in [-0.39, 0.29) is 25.0 Å². The maximum atomic E-state index is 13.6. The molecule has 0 bridgehead atoms. The number of benzene rings is 2. The van der Waals surface area contributed by atoms with Gasteiger partial charge in [0.1, 0.15) is 11.7 Å². The van der Waals surface area contributed by atoms with Crippen LogP contribution in [0.25, 0.3) is 27.9 Å². The summed E-state index contributed by atoms with van der Waals surface area (Å²) >= 11 is 6.42. The molecular weight excluding hydrogens is 504 g/mol. The number of fused-ring (bicyclic) bond motifs is 4. The van der Waals surface area contributed by atoms with Gasteiger partial charge in [0.05, 0.1) is 47.9 Å². The molecule has 1 saturated heterocycles. The van der Waals surface area contributed by atoms with Crippen LogP contribution in [0.3, 0.4) is 0 Å². The third-order valence-corrected chi connectivity index (χ3v) is 7.18. The Balaban J connectivity index is 1.22. The number of ether oxygens (including phenoxy) is 1. The van der Waals surface area contributed by atoms with Gasteiger partial charge in [-0.2, -0.15) is 0 Å². The van der Waals surface area contributed by atoms with E-state index in [9.17, 15) is 9.59 Å². The number of hydrogen-bond acceptors (Lipinski definition) is 5. The highest BCUT2D eigenvalue weighted by atomic mass is 35.5. The van der Waals surface area contributed by atoms with E-state index in [4.69, 9.17) is 16.3 Å². The third-order valence-electron chi connectivity index (χ3n) is 6.96. The molecule has 5 N–H and O–H groups in total. The molecule has 1 unspecified atom stereocenters. The molecule has 2 aliphatic rings. The van der Waals surface area contributed by atoms with Crippen molar-refractivity contribution in [2.75, 3.05) is 30.3 Å². The molecule has 0 aliphatic carbocycles. The number of nitrogens with two attached hydrogens (primary N) is 1. The Kier molecular flexibility index (Phi) is 6.16. The molecular formula is C28H28ClN6O3+. The number of carbonyl (C=O) groups is 2. The van der Waals surface area contributed by atoms with Crippen LogP contribution >= 0.6 is 11.6 Å². The molecule has 6 rings (SSSR count). The number of aromatic amines is 1. The lowest BCUT2D eigenvalue weighted by Crippen LogP contribution is -2.69. The van der Waals surface area contributed by atoms with E-state index in [1.807, 2.05) is 66.7 Å².